The number of carbonyl (C=O) groups is 2. The highest BCUT2D eigenvalue weighted by atomic mass is 32.2. The second kappa shape index (κ2) is 12.3. The number of benzene rings is 1. The fourth-order valence-corrected chi connectivity index (χ4v) is 14.9. The van der Waals surface area contributed by atoms with Crippen LogP contribution in [0.15, 0.2) is 43.0 Å². The van der Waals surface area contributed by atoms with Crippen LogP contribution in [0.2, 0.25) is 0 Å². The van der Waals surface area contributed by atoms with Crippen LogP contribution in [-0.4, -0.2) is 67.0 Å². The molecule has 1 heterocycles. The molecule has 7 rings (SSSR count). The van der Waals surface area contributed by atoms with Crippen molar-refractivity contribution in [3.8, 4) is 0 Å². The summed E-state index contributed by atoms with van der Waals surface area (Å²) in [6.45, 7) is 18.7. The van der Waals surface area contributed by atoms with Crippen molar-refractivity contribution in [1.82, 2.24) is 10.2 Å². The molecule has 7 nitrogen and oxygen atoms in total. The van der Waals surface area contributed by atoms with Gasteiger partial charge < -0.3 is 15.3 Å². The third kappa shape index (κ3) is 5.47. The van der Waals surface area contributed by atoms with Gasteiger partial charge in [-0.3, -0.25) is 4.79 Å². The van der Waals surface area contributed by atoms with Gasteiger partial charge in [0.05, 0.1) is 17.1 Å². The fourth-order valence-electron chi connectivity index (χ4n) is 13.6. The molecule has 5 fully saturated rings. The molecule has 274 valence electrons. The quantitative estimate of drug-likeness (QED) is 0.283. The Balaban J connectivity index is 1.12. The Morgan fingerprint density at radius 2 is 1.62 bits per heavy atom. The lowest BCUT2D eigenvalue weighted by atomic mass is 9.33. The van der Waals surface area contributed by atoms with Crippen molar-refractivity contribution in [2.75, 3.05) is 31.1 Å². The maximum Gasteiger partial charge on any atom is 0.335 e. The lowest BCUT2D eigenvalue weighted by molar-refractivity contribution is -0.219. The van der Waals surface area contributed by atoms with Crippen molar-refractivity contribution in [1.29, 1.82) is 0 Å². The lowest BCUT2D eigenvalue weighted by Crippen LogP contribution is -2.68. The van der Waals surface area contributed by atoms with Crippen LogP contribution >= 0.6 is 0 Å². The number of amides is 1. The Labute approximate surface area is 300 Å². The number of hydrogen-bond acceptors (Lipinski definition) is 5. The number of carboxylic acid groups (broad SMARTS) is 1. The second-order valence-corrected chi connectivity index (χ2v) is 20.8. The maximum absolute atomic E-state index is 13.7. The Morgan fingerprint density at radius 1 is 0.920 bits per heavy atom. The molecule has 5 aliphatic carbocycles. The van der Waals surface area contributed by atoms with Crippen LogP contribution in [0.4, 0.5) is 0 Å². The van der Waals surface area contributed by atoms with Crippen LogP contribution in [0.5, 0.6) is 0 Å². The van der Waals surface area contributed by atoms with Gasteiger partial charge in [-0.15, -0.1) is 6.58 Å². The van der Waals surface area contributed by atoms with E-state index in [1.165, 1.54) is 31.3 Å². The highest BCUT2D eigenvalue weighted by Crippen LogP contribution is 2.76. The van der Waals surface area contributed by atoms with Gasteiger partial charge in [-0.2, -0.15) is 0 Å². The number of nitrogens with one attached hydrogen (secondary N) is 1. The third-order valence-corrected chi connectivity index (χ3v) is 17.9. The Hall–Kier alpha value is -2.45. The monoisotopic (exact) mass is 704 g/mol. The second-order valence-electron chi connectivity index (χ2n) is 18.5. The summed E-state index contributed by atoms with van der Waals surface area (Å²) in [4.78, 5) is 27.3. The van der Waals surface area contributed by atoms with Gasteiger partial charge in [-0.1, -0.05) is 58.9 Å². The third-order valence-electron chi connectivity index (χ3n) is 16.3. The van der Waals surface area contributed by atoms with E-state index in [9.17, 15) is 23.1 Å². The van der Waals surface area contributed by atoms with E-state index < -0.39 is 15.8 Å². The van der Waals surface area contributed by atoms with E-state index >= 15 is 0 Å². The van der Waals surface area contributed by atoms with Crippen molar-refractivity contribution in [3.63, 3.8) is 0 Å². The molecule has 8 heteroatoms. The predicted octanol–water partition coefficient (Wildman–Crippen LogP) is 7.63. The molecule has 1 aromatic carbocycles. The number of allylic oxidation sites excluding steroid dienone is 3. The number of nitrogens with zero attached hydrogens (tertiary/aromatic N) is 1. The average molecular weight is 705 g/mol. The summed E-state index contributed by atoms with van der Waals surface area (Å²) in [5.74, 6) is 2.12. The molecular formula is C42H60N2O5S. The molecule has 1 aromatic rings. The van der Waals surface area contributed by atoms with Crippen LogP contribution in [0.25, 0.3) is 5.57 Å². The van der Waals surface area contributed by atoms with E-state index in [0.717, 1.165) is 37.7 Å². The smallest absolute Gasteiger partial charge is 0.335 e. The number of carbonyl (C=O) groups excluding carboxylic acids is 1. The number of fused-ring (bicyclic) bond motifs is 7. The van der Waals surface area contributed by atoms with Crippen LogP contribution in [-0.2, 0) is 14.6 Å². The van der Waals surface area contributed by atoms with Gasteiger partial charge in [-0.05, 0) is 132 Å². The minimum atomic E-state index is -2.93. The van der Waals surface area contributed by atoms with E-state index in [-0.39, 0.29) is 44.6 Å². The number of aromatic carboxylic acids is 1. The highest BCUT2D eigenvalue weighted by Gasteiger charge is 2.70. The molecule has 1 saturated heterocycles. The number of hydrogen-bond donors (Lipinski definition) is 2. The Bertz CT molecular complexity index is 1670. The zero-order valence-electron chi connectivity index (χ0n) is 31.1. The largest absolute Gasteiger partial charge is 0.478 e. The first-order chi connectivity index (χ1) is 23.5. The summed E-state index contributed by atoms with van der Waals surface area (Å²) in [5, 5.41) is 13.1. The minimum absolute atomic E-state index is 0.0231. The summed E-state index contributed by atoms with van der Waals surface area (Å²) < 4.78 is 23.8. The number of rotatable bonds is 7. The normalized spacial score (nSPS) is 41.8. The van der Waals surface area contributed by atoms with Crippen molar-refractivity contribution >= 4 is 27.3 Å². The van der Waals surface area contributed by atoms with Gasteiger partial charge in [0.15, 0.2) is 9.84 Å². The van der Waals surface area contributed by atoms with Crippen molar-refractivity contribution in [2.45, 2.75) is 104 Å². The zero-order valence-corrected chi connectivity index (χ0v) is 31.9. The standard InChI is InChI=1S/C42H60N2O5S/c1-7-28-14-20-42(43-35(45)17-23-44-24-26-50(48,49)27-25-44)22-21-40(5)32(36(28)42)12-13-34-39(4)18-15-31(29-8-10-30(11-9-29)37(46)47)38(2,3)33(39)16-19-41(34,40)6/h7-11,15,28,32-34,36H,1,12-14,16-27H2,2-6H3,(H,43,45)(H,46,47). The first kappa shape index (κ1) is 35.9. The Kier molecular flexibility index (Phi) is 8.85. The van der Waals surface area contributed by atoms with Gasteiger partial charge in [0.2, 0.25) is 5.91 Å². The van der Waals surface area contributed by atoms with Crippen molar-refractivity contribution < 1.29 is 23.1 Å². The molecule has 4 saturated carbocycles. The van der Waals surface area contributed by atoms with Crippen molar-refractivity contribution in [2.24, 2.45) is 51.2 Å². The minimum Gasteiger partial charge on any atom is -0.478 e. The summed E-state index contributed by atoms with van der Waals surface area (Å²) in [7, 11) is -2.93. The first-order valence-electron chi connectivity index (χ1n) is 19.4. The molecule has 0 aromatic heterocycles. The molecule has 0 bridgehead atoms. The SMILES string of the molecule is C=CC1CCC2(NC(=O)CCN3CCS(=O)(=O)CC3)CCC3(C)C(CCC4C5(C)CC=C(c6ccc(C(=O)O)cc6)C(C)(C)C5CCC43C)C12. The van der Waals surface area contributed by atoms with Crippen LogP contribution in [0.3, 0.4) is 0 Å². The van der Waals surface area contributed by atoms with E-state index in [0.29, 0.717) is 61.2 Å². The molecular weight excluding hydrogens is 645 g/mol. The Morgan fingerprint density at radius 3 is 2.28 bits per heavy atom. The number of sulfone groups is 1. The molecule has 0 radical (unpaired) electrons. The van der Waals surface area contributed by atoms with Gasteiger partial charge >= 0.3 is 5.97 Å². The molecule has 0 spiro atoms. The summed E-state index contributed by atoms with van der Waals surface area (Å²) in [6, 6.07) is 7.50. The fraction of sp³-hybridized carbons (Fsp3) is 0.714. The lowest BCUT2D eigenvalue weighted by Gasteiger charge is -2.72. The molecule has 50 heavy (non-hydrogen) atoms. The van der Waals surface area contributed by atoms with Crippen LogP contribution in [0, 0.1) is 51.2 Å². The molecule has 9 unspecified atom stereocenters. The van der Waals surface area contributed by atoms with E-state index in [4.69, 9.17) is 0 Å². The van der Waals surface area contributed by atoms with Gasteiger partial charge in [-0.25, -0.2) is 13.2 Å². The van der Waals surface area contributed by atoms with Crippen molar-refractivity contribution in [3.05, 3.63) is 54.1 Å². The van der Waals surface area contributed by atoms with E-state index in [1.807, 2.05) is 12.1 Å². The van der Waals surface area contributed by atoms with Crippen LogP contribution < -0.4 is 5.32 Å². The molecule has 2 N–H and O–H groups in total. The highest BCUT2D eigenvalue weighted by molar-refractivity contribution is 7.91. The molecule has 1 amide bonds. The number of carboxylic acids is 1. The maximum atomic E-state index is 13.7. The summed E-state index contributed by atoms with van der Waals surface area (Å²) >= 11 is 0. The van der Waals surface area contributed by atoms with Crippen LogP contribution in [0.1, 0.15) is 115 Å². The summed E-state index contributed by atoms with van der Waals surface area (Å²) in [6.07, 6.45) is 15.3. The van der Waals surface area contributed by atoms with Gasteiger partial charge in [0.25, 0.3) is 0 Å². The van der Waals surface area contributed by atoms with Gasteiger partial charge in [0, 0.05) is 31.6 Å². The predicted molar refractivity (Wildman–Crippen MR) is 199 cm³/mol. The summed E-state index contributed by atoms with van der Waals surface area (Å²) in [5.41, 5.74) is 3.19. The molecule has 6 aliphatic rings. The topological polar surface area (TPSA) is 104 Å². The first-order valence-corrected chi connectivity index (χ1v) is 21.2. The van der Waals surface area contributed by atoms with E-state index in [1.54, 1.807) is 12.1 Å². The zero-order chi connectivity index (χ0) is 35.9. The van der Waals surface area contributed by atoms with Gasteiger partial charge in [0.1, 0.15) is 0 Å². The molecule has 1 aliphatic heterocycles. The average Bonchev–Trinajstić information content (AvgIpc) is 3.42. The molecule has 9 atom stereocenters. The van der Waals surface area contributed by atoms with E-state index in [2.05, 4.69) is 63.6 Å².